The first-order chi connectivity index (χ1) is 11.2. The number of nitrogens with zero attached hydrogens (tertiary/aromatic N) is 1. The van der Waals surface area contributed by atoms with Gasteiger partial charge in [0.2, 0.25) is 0 Å². The number of non-ortho nitro benzene ring substituents is 1. The molecule has 3 rings (SSSR count). The molecule has 0 fully saturated rings. The smallest absolute Gasteiger partial charge is 0.269 e. The maximum Gasteiger partial charge on any atom is 0.269 e. The first kappa shape index (κ1) is 15.7. The highest BCUT2D eigenvalue weighted by Crippen LogP contribution is 2.32. The Morgan fingerprint density at radius 1 is 1.26 bits per heavy atom. The minimum absolute atomic E-state index is 0.131. The molecule has 0 aromatic heterocycles. The normalized spacial score (nSPS) is 18.2. The zero-order chi connectivity index (χ0) is 16.2. The summed E-state index contributed by atoms with van der Waals surface area (Å²) in [6.45, 7) is 2.12. The van der Waals surface area contributed by atoms with E-state index in [9.17, 15) is 10.1 Å². The molecule has 0 radical (unpaired) electrons. The van der Waals surface area contributed by atoms with Crippen LogP contribution in [0.5, 0.6) is 0 Å². The number of aryl methyl sites for hydroxylation is 1. The van der Waals surface area contributed by atoms with E-state index in [1.807, 2.05) is 6.07 Å². The van der Waals surface area contributed by atoms with E-state index < -0.39 is 0 Å². The Morgan fingerprint density at radius 2 is 2.09 bits per heavy atom. The molecule has 0 heterocycles. The van der Waals surface area contributed by atoms with Crippen molar-refractivity contribution in [2.75, 3.05) is 0 Å². The van der Waals surface area contributed by atoms with E-state index in [2.05, 4.69) is 36.5 Å². The molecule has 1 aliphatic rings. The van der Waals surface area contributed by atoms with Crippen LogP contribution in [0.1, 0.15) is 55.0 Å². The van der Waals surface area contributed by atoms with Crippen molar-refractivity contribution >= 4 is 5.69 Å². The lowest BCUT2D eigenvalue weighted by atomic mass is 9.87. The Hall–Kier alpha value is -2.20. The molecule has 0 aliphatic heterocycles. The highest BCUT2D eigenvalue weighted by atomic mass is 16.6. The second kappa shape index (κ2) is 6.92. The van der Waals surface area contributed by atoms with Crippen molar-refractivity contribution in [1.29, 1.82) is 0 Å². The minimum atomic E-state index is -0.327. The highest BCUT2D eigenvalue weighted by Gasteiger charge is 2.23. The van der Waals surface area contributed by atoms with Gasteiger partial charge >= 0.3 is 0 Å². The number of nitro benzene ring substituents is 1. The zero-order valence-electron chi connectivity index (χ0n) is 13.4. The van der Waals surface area contributed by atoms with E-state index in [0.717, 1.165) is 24.8 Å². The number of nitro groups is 1. The van der Waals surface area contributed by atoms with Gasteiger partial charge in [0.1, 0.15) is 0 Å². The van der Waals surface area contributed by atoms with Crippen LogP contribution in [-0.4, -0.2) is 4.92 Å². The standard InChI is InChI=1S/C19H22N2O2/c1-2-18(15-9-5-10-16(13-15)21(22)23)20-19-12-6-8-14-7-3-4-11-17(14)19/h3-5,7,9-11,13,18-20H,2,6,8,12H2,1H3. The molecule has 4 heteroatoms. The van der Waals surface area contributed by atoms with Gasteiger partial charge in [0, 0.05) is 24.2 Å². The third-order valence-electron chi connectivity index (χ3n) is 4.66. The fraction of sp³-hybridized carbons (Fsp3) is 0.368. The number of benzene rings is 2. The van der Waals surface area contributed by atoms with Gasteiger partial charge < -0.3 is 5.32 Å². The molecule has 0 saturated heterocycles. The van der Waals surface area contributed by atoms with Crippen molar-refractivity contribution in [3.63, 3.8) is 0 Å². The van der Waals surface area contributed by atoms with Gasteiger partial charge in [-0.1, -0.05) is 43.3 Å². The average molecular weight is 310 g/mol. The maximum atomic E-state index is 11.0. The predicted molar refractivity (Wildman–Crippen MR) is 91.4 cm³/mol. The van der Waals surface area contributed by atoms with Crippen molar-refractivity contribution in [1.82, 2.24) is 5.32 Å². The van der Waals surface area contributed by atoms with Crippen molar-refractivity contribution in [3.8, 4) is 0 Å². The predicted octanol–water partition coefficient (Wildman–Crippen LogP) is 4.71. The van der Waals surface area contributed by atoms with E-state index in [0.29, 0.717) is 6.04 Å². The molecule has 4 nitrogen and oxygen atoms in total. The Morgan fingerprint density at radius 3 is 2.87 bits per heavy atom. The summed E-state index contributed by atoms with van der Waals surface area (Å²) in [4.78, 5) is 10.7. The molecule has 2 aromatic carbocycles. The Bertz CT molecular complexity index is 699. The molecule has 1 aliphatic carbocycles. The van der Waals surface area contributed by atoms with Crippen LogP contribution in [0, 0.1) is 10.1 Å². The van der Waals surface area contributed by atoms with Crippen LogP contribution >= 0.6 is 0 Å². The fourth-order valence-electron chi connectivity index (χ4n) is 3.47. The van der Waals surface area contributed by atoms with E-state index in [-0.39, 0.29) is 16.7 Å². The number of rotatable bonds is 5. The van der Waals surface area contributed by atoms with Crippen molar-refractivity contribution in [3.05, 3.63) is 75.3 Å². The Balaban J connectivity index is 1.83. The van der Waals surface area contributed by atoms with Crippen molar-refractivity contribution in [2.45, 2.75) is 44.7 Å². The average Bonchev–Trinajstić information content (AvgIpc) is 2.60. The highest BCUT2D eigenvalue weighted by molar-refractivity contribution is 5.37. The molecule has 23 heavy (non-hydrogen) atoms. The van der Waals surface area contributed by atoms with Crippen LogP contribution in [0.4, 0.5) is 5.69 Å². The largest absolute Gasteiger partial charge is 0.303 e. The van der Waals surface area contributed by atoms with Gasteiger partial charge in [0.25, 0.3) is 5.69 Å². The Labute approximate surface area is 136 Å². The second-order valence-electron chi connectivity index (χ2n) is 6.12. The van der Waals surface area contributed by atoms with Crippen LogP contribution in [0.15, 0.2) is 48.5 Å². The fourth-order valence-corrected chi connectivity index (χ4v) is 3.47. The number of fused-ring (bicyclic) bond motifs is 1. The van der Waals surface area contributed by atoms with Gasteiger partial charge in [-0.2, -0.15) is 0 Å². The maximum absolute atomic E-state index is 11.0. The molecular weight excluding hydrogens is 288 g/mol. The third kappa shape index (κ3) is 3.42. The van der Waals surface area contributed by atoms with Crippen LogP contribution in [-0.2, 0) is 6.42 Å². The lowest BCUT2D eigenvalue weighted by molar-refractivity contribution is -0.384. The van der Waals surface area contributed by atoms with Gasteiger partial charge in [0.05, 0.1) is 4.92 Å². The topological polar surface area (TPSA) is 55.2 Å². The first-order valence-electron chi connectivity index (χ1n) is 8.27. The van der Waals surface area contributed by atoms with Gasteiger partial charge in [-0.05, 0) is 42.4 Å². The molecule has 0 spiro atoms. The van der Waals surface area contributed by atoms with Gasteiger partial charge in [-0.25, -0.2) is 0 Å². The van der Waals surface area contributed by atoms with Gasteiger partial charge in [0.15, 0.2) is 0 Å². The molecule has 0 bridgehead atoms. The molecule has 0 saturated carbocycles. The molecule has 2 unspecified atom stereocenters. The summed E-state index contributed by atoms with van der Waals surface area (Å²) in [7, 11) is 0. The number of nitrogens with one attached hydrogen (secondary N) is 1. The summed E-state index contributed by atoms with van der Waals surface area (Å²) in [5.41, 5.74) is 3.95. The van der Waals surface area contributed by atoms with E-state index in [1.165, 1.54) is 17.5 Å². The lowest BCUT2D eigenvalue weighted by Crippen LogP contribution is -2.29. The lowest BCUT2D eigenvalue weighted by Gasteiger charge is -2.30. The summed E-state index contributed by atoms with van der Waals surface area (Å²) in [6.07, 6.45) is 4.34. The van der Waals surface area contributed by atoms with E-state index in [1.54, 1.807) is 18.2 Å². The third-order valence-corrected chi connectivity index (χ3v) is 4.66. The monoisotopic (exact) mass is 310 g/mol. The quantitative estimate of drug-likeness (QED) is 0.642. The van der Waals surface area contributed by atoms with Crippen LogP contribution < -0.4 is 5.32 Å². The SMILES string of the molecule is CCC(NC1CCCc2ccccc21)c1cccc([N+](=O)[O-])c1. The van der Waals surface area contributed by atoms with Crippen LogP contribution in [0.2, 0.25) is 0 Å². The minimum Gasteiger partial charge on any atom is -0.303 e. The number of hydrogen-bond donors (Lipinski definition) is 1. The van der Waals surface area contributed by atoms with Crippen molar-refractivity contribution in [2.24, 2.45) is 0 Å². The summed E-state index contributed by atoms with van der Waals surface area (Å²) in [5, 5.41) is 14.7. The molecule has 0 amide bonds. The van der Waals surface area contributed by atoms with E-state index in [4.69, 9.17) is 0 Å². The van der Waals surface area contributed by atoms with E-state index >= 15 is 0 Å². The first-order valence-corrected chi connectivity index (χ1v) is 8.27. The molecule has 120 valence electrons. The van der Waals surface area contributed by atoms with Crippen LogP contribution in [0.3, 0.4) is 0 Å². The van der Waals surface area contributed by atoms with Gasteiger partial charge in [-0.3, -0.25) is 10.1 Å². The Kier molecular flexibility index (Phi) is 4.72. The summed E-state index contributed by atoms with van der Waals surface area (Å²) < 4.78 is 0. The van der Waals surface area contributed by atoms with Crippen LogP contribution in [0.25, 0.3) is 0 Å². The summed E-state index contributed by atoms with van der Waals surface area (Å²) in [5.74, 6) is 0. The van der Waals surface area contributed by atoms with Gasteiger partial charge in [-0.15, -0.1) is 0 Å². The molecule has 2 atom stereocenters. The molecule has 2 aromatic rings. The van der Waals surface area contributed by atoms with Crippen molar-refractivity contribution < 1.29 is 4.92 Å². The number of hydrogen-bond acceptors (Lipinski definition) is 3. The second-order valence-corrected chi connectivity index (χ2v) is 6.12. The summed E-state index contributed by atoms with van der Waals surface area (Å²) >= 11 is 0. The summed E-state index contributed by atoms with van der Waals surface area (Å²) in [6, 6.07) is 16.0. The zero-order valence-corrected chi connectivity index (χ0v) is 13.4. The molecular formula is C19H22N2O2. The molecule has 1 N–H and O–H groups in total.